The summed E-state index contributed by atoms with van der Waals surface area (Å²) >= 11 is 0. The fraction of sp³-hybridized carbons (Fsp3) is 0.294. The van der Waals surface area contributed by atoms with Crippen LogP contribution in [0.4, 0.5) is 0 Å². The van der Waals surface area contributed by atoms with Crippen LogP contribution >= 0.6 is 0 Å². The highest BCUT2D eigenvalue weighted by Gasteiger charge is 2.12. The van der Waals surface area contributed by atoms with E-state index in [0.717, 1.165) is 0 Å². The van der Waals surface area contributed by atoms with Gasteiger partial charge in [0.05, 0.1) is 0 Å². The Labute approximate surface area is 125 Å². The van der Waals surface area contributed by atoms with Crippen LogP contribution in [0.5, 0.6) is 11.5 Å². The molecule has 0 fully saturated rings. The van der Waals surface area contributed by atoms with E-state index in [0.29, 0.717) is 11.5 Å². The van der Waals surface area contributed by atoms with Gasteiger partial charge in [-0.1, -0.05) is 36.4 Å². The summed E-state index contributed by atoms with van der Waals surface area (Å²) in [6, 6.07) is 18.4. The van der Waals surface area contributed by atoms with Crippen LogP contribution in [0.1, 0.15) is 20.8 Å². The van der Waals surface area contributed by atoms with Gasteiger partial charge in [0.1, 0.15) is 11.5 Å². The zero-order valence-corrected chi connectivity index (χ0v) is 12.6. The number of rotatable bonds is 4. The molecule has 0 bridgehead atoms. The molecule has 2 rings (SSSR count). The number of para-hydroxylation sites is 2. The summed E-state index contributed by atoms with van der Waals surface area (Å²) in [5.74, 6) is 0.277. The van der Waals surface area contributed by atoms with E-state index in [1.807, 2.05) is 36.4 Å². The van der Waals surface area contributed by atoms with Gasteiger partial charge in [0, 0.05) is 13.8 Å². The number of ether oxygens (including phenoxy) is 2. The molecule has 114 valence electrons. The highest BCUT2D eigenvalue weighted by Crippen LogP contribution is 2.14. The normalized spacial score (nSPS) is 11.9. The molecule has 0 aromatic heterocycles. The van der Waals surface area contributed by atoms with Crippen LogP contribution in [0.2, 0.25) is 0 Å². The van der Waals surface area contributed by atoms with E-state index in [1.165, 1.54) is 0 Å². The average molecular weight is 290 g/mol. The van der Waals surface area contributed by atoms with E-state index in [-0.39, 0.29) is 0 Å². The number of hydrogen-bond acceptors (Lipinski definition) is 4. The van der Waals surface area contributed by atoms with Gasteiger partial charge < -0.3 is 19.7 Å². The second-order valence-corrected chi connectivity index (χ2v) is 4.89. The predicted molar refractivity (Wildman–Crippen MR) is 82.1 cm³/mol. The van der Waals surface area contributed by atoms with Gasteiger partial charge in [-0.2, -0.15) is 0 Å². The first kappa shape index (κ1) is 17.0. The maximum Gasteiger partial charge on any atom is 0.202 e. The van der Waals surface area contributed by atoms with E-state index in [4.69, 9.17) is 14.6 Å². The fourth-order valence-corrected chi connectivity index (χ4v) is 1.47. The average Bonchev–Trinajstić information content (AvgIpc) is 2.39. The lowest BCUT2D eigenvalue weighted by molar-refractivity contribution is -0.104. The Hall–Kier alpha value is -2.04. The Bertz CT molecular complexity index is 489. The predicted octanol–water partition coefficient (Wildman–Crippen LogP) is 3.20. The number of benzene rings is 2. The summed E-state index contributed by atoms with van der Waals surface area (Å²) in [5.41, 5.74) is 0. The van der Waals surface area contributed by atoms with Crippen molar-refractivity contribution >= 4 is 0 Å². The van der Waals surface area contributed by atoms with Crippen LogP contribution < -0.4 is 9.47 Å². The lowest BCUT2D eigenvalue weighted by Crippen LogP contribution is -2.26. The topological polar surface area (TPSA) is 58.9 Å². The van der Waals surface area contributed by atoms with Crippen molar-refractivity contribution < 1.29 is 19.7 Å². The molecule has 0 saturated carbocycles. The van der Waals surface area contributed by atoms with E-state index in [2.05, 4.69) is 0 Å². The Balaban J connectivity index is 0.000000211. The summed E-state index contributed by atoms with van der Waals surface area (Å²) in [5, 5.41) is 18.0. The third-order valence-corrected chi connectivity index (χ3v) is 2.16. The molecular weight excluding hydrogens is 268 g/mol. The minimum absolute atomic E-state index is 0.681. The van der Waals surface area contributed by atoms with Crippen LogP contribution in [-0.4, -0.2) is 22.3 Å². The van der Waals surface area contributed by atoms with Crippen molar-refractivity contribution in [2.24, 2.45) is 0 Å². The van der Waals surface area contributed by atoms with Gasteiger partial charge in [-0.15, -0.1) is 0 Å². The molecule has 0 heterocycles. The quantitative estimate of drug-likeness (QED) is 0.849. The molecule has 0 aliphatic rings. The van der Waals surface area contributed by atoms with Crippen LogP contribution in [0.25, 0.3) is 0 Å². The standard InChI is InChI=1S/C9H12O2.C8H10O2/c1-9(2,10)11-8-6-4-3-5-7-8;1-7(9)10-8-5-3-2-4-6-8/h3-7,10H,1-2H3;2-7,9H,1H3. The first-order valence-electron chi connectivity index (χ1n) is 6.73. The molecule has 2 aromatic carbocycles. The molecule has 0 amide bonds. The van der Waals surface area contributed by atoms with Crippen LogP contribution in [0.3, 0.4) is 0 Å². The van der Waals surface area contributed by atoms with Gasteiger partial charge in [0.2, 0.25) is 5.79 Å². The lowest BCUT2D eigenvalue weighted by atomic mass is 10.3. The highest BCUT2D eigenvalue weighted by molar-refractivity contribution is 5.21. The smallest absolute Gasteiger partial charge is 0.202 e. The van der Waals surface area contributed by atoms with Gasteiger partial charge in [-0.25, -0.2) is 0 Å². The molecule has 0 spiro atoms. The van der Waals surface area contributed by atoms with Crippen molar-refractivity contribution in [3.63, 3.8) is 0 Å². The molecule has 0 aliphatic carbocycles. The van der Waals surface area contributed by atoms with Crippen molar-refractivity contribution in [3.05, 3.63) is 60.7 Å². The van der Waals surface area contributed by atoms with E-state index in [1.54, 1.807) is 45.0 Å². The first-order valence-corrected chi connectivity index (χ1v) is 6.73. The van der Waals surface area contributed by atoms with Crippen molar-refractivity contribution in [2.45, 2.75) is 32.8 Å². The van der Waals surface area contributed by atoms with Crippen molar-refractivity contribution in [1.82, 2.24) is 0 Å². The molecule has 1 atom stereocenters. The summed E-state index contributed by atoms with van der Waals surface area (Å²) in [4.78, 5) is 0. The van der Waals surface area contributed by atoms with Crippen LogP contribution in [-0.2, 0) is 0 Å². The molecule has 0 radical (unpaired) electrons. The molecule has 4 nitrogen and oxygen atoms in total. The maximum absolute atomic E-state index is 9.25. The second kappa shape index (κ2) is 8.29. The van der Waals surface area contributed by atoms with Crippen LogP contribution in [0.15, 0.2) is 60.7 Å². The number of hydrogen-bond donors (Lipinski definition) is 2. The van der Waals surface area contributed by atoms with Gasteiger partial charge in [0.25, 0.3) is 0 Å². The first-order chi connectivity index (χ1) is 9.87. The van der Waals surface area contributed by atoms with Crippen molar-refractivity contribution in [3.8, 4) is 11.5 Å². The Kier molecular flexibility index (Phi) is 6.72. The Morgan fingerprint density at radius 3 is 1.67 bits per heavy atom. The summed E-state index contributed by atoms with van der Waals surface area (Å²) < 4.78 is 10.1. The van der Waals surface area contributed by atoms with Gasteiger partial charge in [0.15, 0.2) is 6.29 Å². The Morgan fingerprint density at radius 2 is 1.29 bits per heavy atom. The SMILES string of the molecule is CC(C)(O)Oc1ccccc1.CC(O)Oc1ccccc1. The van der Waals surface area contributed by atoms with Gasteiger partial charge >= 0.3 is 0 Å². The fourth-order valence-electron chi connectivity index (χ4n) is 1.47. The molecule has 1 unspecified atom stereocenters. The second-order valence-electron chi connectivity index (χ2n) is 4.89. The van der Waals surface area contributed by atoms with E-state index >= 15 is 0 Å². The zero-order valence-electron chi connectivity index (χ0n) is 12.6. The monoisotopic (exact) mass is 290 g/mol. The summed E-state index contributed by atoms with van der Waals surface area (Å²) in [7, 11) is 0. The number of aliphatic hydroxyl groups is 2. The van der Waals surface area contributed by atoms with Gasteiger partial charge in [-0.3, -0.25) is 0 Å². The van der Waals surface area contributed by atoms with Crippen molar-refractivity contribution in [2.75, 3.05) is 0 Å². The zero-order chi connectivity index (χ0) is 15.7. The molecule has 0 saturated heterocycles. The van der Waals surface area contributed by atoms with E-state index < -0.39 is 12.1 Å². The molecule has 2 aromatic rings. The largest absolute Gasteiger partial charge is 0.465 e. The molecule has 2 N–H and O–H groups in total. The molecule has 4 heteroatoms. The third-order valence-electron chi connectivity index (χ3n) is 2.16. The van der Waals surface area contributed by atoms with Gasteiger partial charge in [-0.05, 0) is 31.2 Å². The summed E-state index contributed by atoms with van der Waals surface area (Å²) in [6.07, 6.45) is -0.734. The Morgan fingerprint density at radius 1 is 0.857 bits per heavy atom. The number of aliphatic hydroxyl groups excluding tert-OH is 1. The summed E-state index contributed by atoms with van der Waals surface area (Å²) in [6.45, 7) is 4.77. The third kappa shape index (κ3) is 8.68. The van der Waals surface area contributed by atoms with Crippen LogP contribution in [0, 0.1) is 0 Å². The minimum atomic E-state index is -1.10. The minimum Gasteiger partial charge on any atom is -0.465 e. The van der Waals surface area contributed by atoms with Crippen molar-refractivity contribution in [1.29, 1.82) is 0 Å². The molecular formula is C17H22O4. The molecule has 21 heavy (non-hydrogen) atoms. The molecule has 0 aliphatic heterocycles. The lowest BCUT2D eigenvalue weighted by Gasteiger charge is -2.19. The van der Waals surface area contributed by atoms with E-state index in [9.17, 15) is 5.11 Å². The maximum atomic E-state index is 9.25. The highest BCUT2D eigenvalue weighted by atomic mass is 16.6.